The van der Waals surface area contributed by atoms with Crippen LogP contribution in [0.1, 0.15) is 50.8 Å². The summed E-state index contributed by atoms with van der Waals surface area (Å²) in [6.45, 7) is 10.9. The summed E-state index contributed by atoms with van der Waals surface area (Å²) in [7, 11) is 0. The molecule has 0 amide bonds. The fourth-order valence-corrected chi connectivity index (χ4v) is 2.98. The van der Waals surface area contributed by atoms with E-state index in [0.29, 0.717) is 6.61 Å². The van der Waals surface area contributed by atoms with Crippen molar-refractivity contribution in [3.63, 3.8) is 0 Å². The molecule has 0 radical (unpaired) electrons. The Balaban J connectivity index is 2.34. The van der Waals surface area contributed by atoms with Crippen LogP contribution in [-0.2, 0) is 16.9 Å². The zero-order chi connectivity index (χ0) is 15.0. The number of morpholine rings is 1. The van der Waals surface area contributed by atoms with Crippen LogP contribution in [0.4, 0.5) is 0 Å². The molecule has 1 aromatic carbocycles. The van der Waals surface area contributed by atoms with Crippen molar-refractivity contribution in [3.05, 3.63) is 34.9 Å². The maximum atomic E-state index is 11.0. The molecule has 0 spiro atoms. The van der Waals surface area contributed by atoms with Gasteiger partial charge in [-0.05, 0) is 39.7 Å². The van der Waals surface area contributed by atoms with Gasteiger partial charge in [0.15, 0.2) is 0 Å². The number of nitrogens with one attached hydrogen (secondary N) is 1. The van der Waals surface area contributed by atoms with Gasteiger partial charge in [-0.2, -0.15) is 0 Å². The molecule has 3 nitrogen and oxygen atoms in total. The molecule has 0 aromatic heterocycles. The van der Waals surface area contributed by atoms with Crippen LogP contribution < -0.4 is 5.32 Å². The first-order valence-electron chi connectivity index (χ1n) is 7.52. The summed E-state index contributed by atoms with van der Waals surface area (Å²) >= 11 is 0. The minimum absolute atomic E-state index is 0.109. The Bertz CT molecular complexity index is 484. The van der Waals surface area contributed by atoms with Crippen molar-refractivity contribution in [3.8, 4) is 0 Å². The fourth-order valence-electron chi connectivity index (χ4n) is 2.98. The van der Waals surface area contributed by atoms with Crippen LogP contribution in [-0.4, -0.2) is 23.3 Å². The predicted octanol–water partition coefficient (Wildman–Crippen LogP) is 2.88. The van der Waals surface area contributed by atoms with E-state index in [0.717, 1.165) is 18.4 Å². The van der Waals surface area contributed by atoms with Crippen LogP contribution in [0.2, 0.25) is 0 Å². The van der Waals surface area contributed by atoms with E-state index in [-0.39, 0.29) is 11.6 Å². The van der Waals surface area contributed by atoms with Crippen molar-refractivity contribution in [2.45, 2.75) is 64.8 Å². The molecule has 1 saturated heterocycles. The average Bonchev–Trinajstić information content (AvgIpc) is 2.34. The molecule has 2 rings (SSSR count). The lowest BCUT2D eigenvalue weighted by Crippen LogP contribution is -2.63. The summed E-state index contributed by atoms with van der Waals surface area (Å²) < 4.78 is 5.86. The smallest absolute Gasteiger partial charge is 0.208 e. The highest BCUT2D eigenvalue weighted by Gasteiger charge is 2.44. The number of hydrogen-bond acceptors (Lipinski definition) is 3. The maximum Gasteiger partial charge on any atom is 0.208 e. The number of ether oxygens (including phenoxy) is 1. The van der Waals surface area contributed by atoms with E-state index < -0.39 is 5.79 Å². The van der Waals surface area contributed by atoms with Crippen LogP contribution in [0.5, 0.6) is 0 Å². The van der Waals surface area contributed by atoms with Gasteiger partial charge in [0.1, 0.15) is 0 Å². The van der Waals surface area contributed by atoms with Gasteiger partial charge in [-0.1, -0.05) is 37.1 Å². The van der Waals surface area contributed by atoms with Crippen molar-refractivity contribution in [1.29, 1.82) is 0 Å². The fraction of sp³-hybridized carbons (Fsp3) is 0.647. The quantitative estimate of drug-likeness (QED) is 0.892. The molecule has 20 heavy (non-hydrogen) atoms. The van der Waals surface area contributed by atoms with Gasteiger partial charge in [0.2, 0.25) is 5.79 Å². The average molecular weight is 277 g/mol. The molecule has 0 saturated carbocycles. The zero-order valence-corrected chi connectivity index (χ0v) is 13.3. The van der Waals surface area contributed by atoms with Crippen molar-refractivity contribution < 1.29 is 9.84 Å². The van der Waals surface area contributed by atoms with E-state index in [9.17, 15) is 5.11 Å². The van der Waals surface area contributed by atoms with Crippen molar-refractivity contribution in [2.75, 3.05) is 6.61 Å². The Morgan fingerprint density at radius 1 is 1.35 bits per heavy atom. The zero-order valence-electron chi connectivity index (χ0n) is 13.3. The summed E-state index contributed by atoms with van der Waals surface area (Å²) in [6.07, 6.45) is 2.13. The predicted molar refractivity (Wildman–Crippen MR) is 81.7 cm³/mol. The van der Waals surface area contributed by atoms with Crippen molar-refractivity contribution >= 4 is 0 Å². The second-order valence-corrected chi connectivity index (χ2v) is 6.69. The Morgan fingerprint density at radius 2 is 2.05 bits per heavy atom. The molecule has 1 heterocycles. The second kappa shape index (κ2) is 5.47. The molecule has 2 unspecified atom stereocenters. The van der Waals surface area contributed by atoms with E-state index in [2.05, 4.69) is 45.1 Å². The topological polar surface area (TPSA) is 41.5 Å². The highest BCUT2D eigenvalue weighted by molar-refractivity contribution is 5.33. The number of benzene rings is 1. The second-order valence-electron chi connectivity index (χ2n) is 6.69. The van der Waals surface area contributed by atoms with Crippen molar-refractivity contribution in [1.82, 2.24) is 5.32 Å². The van der Waals surface area contributed by atoms with E-state index in [1.807, 2.05) is 13.0 Å². The summed E-state index contributed by atoms with van der Waals surface area (Å²) in [6, 6.07) is 6.13. The van der Waals surface area contributed by atoms with E-state index in [1.165, 1.54) is 11.1 Å². The molecule has 112 valence electrons. The third-order valence-corrected chi connectivity index (χ3v) is 3.94. The van der Waals surface area contributed by atoms with Gasteiger partial charge in [-0.25, -0.2) is 0 Å². The summed E-state index contributed by atoms with van der Waals surface area (Å²) in [5, 5.41) is 14.4. The van der Waals surface area contributed by atoms with Crippen LogP contribution in [0, 0.1) is 6.92 Å². The van der Waals surface area contributed by atoms with Crippen LogP contribution >= 0.6 is 0 Å². The highest BCUT2D eigenvalue weighted by Crippen LogP contribution is 2.33. The molecule has 1 fully saturated rings. The van der Waals surface area contributed by atoms with Gasteiger partial charge in [-0.3, -0.25) is 0 Å². The standard InChI is InChI=1S/C17H27NO2/c1-6-7-14-8-12(2)9-15(10-14)17(19)13(3)18-16(4,5)11-20-17/h8-10,13,18-19H,6-7,11H2,1-5H3. The van der Waals surface area contributed by atoms with Crippen LogP contribution in [0.25, 0.3) is 0 Å². The molecular formula is C17H27NO2. The summed E-state index contributed by atoms with van der Waals surface area (Å²) in [4.78, 5) is 0. The van der Waals surface area contributed by atoms with E-state index >= 15 is 0 Å². The third-order valence-electron chi connectivity index (χ3n) is 3.94. The molecule has 2 atom stereocenters. The van der Waals surface area contributed by atoms with Gasteiger partial charge in [-0.15, -0.1) is 0 Å². The molecule has 1 aromatic rings. The van der Waals surface area contributed by atoms with Gasteiger partial charge in [0.25, 0.3) is 0 Å². The van der Waals surface area contributed by atoms with Crippen LogP contribution in [0.3, 0.4) is 0 Å². The summed E-state index contributed by atoms with van der Waals surface area (Å²) in [5.74, 6) is -1.25. The number of rotatable bonds is 3. The molecule has 0 bridgehead atoms. The van der Waals surface area contributed by atoms with E-state index in [4.69, 9.17) is 4.74 Å². The molecule has 1 aliphatic heterocycles. The van der Waals surface area contributed by atoms with Gasteiger partial charge >= 0.3 is 0 Å². The molecule has 3 heteroatoms. The lowest BCUT2D eigenvalue weighted by molar-refractivity contribution is -0.263. The van der Waals surface area contributed by atoms with Gasteiger partial charge < -0.3 is 15.2 Å². The maximum absolute atomic E-state index is 11.0. The monoisotopic (exact) mass is 277 g/mol. The van der Waals surface area contributed by atoms with E-state index in [1.54, 1.807) is 0 Å². The van der Waals surface area contributed by atoms with Crippen LogP contribution in [0.15, 0.2) is 18.2 Å². The highest BCUT2D eigenvalue weighted by atomic mass is 16.6. The molecule has 2 N–H and O–H groups in total. The molecular weight excluding hydrogens is 250 g/mol. The van der Waals surface area contributed by atoms with Crippen molar-refractivity contribution in [2.24, 2.45) is 0 Å². The van der Waals surface area contributed by atoms with Gasteiger partial charge in [0, 0.05) is 11.1 Å². The first-order valence-corrected chi connectivity index (χ1v) is 7.52. The summed E-state index contributed by atoms with van der Waals surface area (Å²) in [5.41, 5.74) is 3.18. The number of aliphatic hydroxyl groups is 1. The minimum atomic E-state index is -1.25. The number of hydrogen-bond donors (Lipinski definition) is 2. The lowest BCUT2D eigenvalue weighted by atomic mass is 9.90. The van der Waals surface area contributed by atoms with Gasteiger partial charge in [0.05, 0.1) is 12.6 Å². The molecule has 0 aliphatic carbocycles. The molecule has 1 aliphatic rings. The SMILES string of the molecule is CCCc1cc(C)cc(C2(O)OCC(C)(C)NC2C)c1. The first kappa shape index (κ1) is 15.5. The largest absolute Gasteiger partial charge is 0.361 e. The lowest BCUT2D eigenvalue weighted by Gasteiger charge is -2.46. The minimum Gasteiger partial charge on any atom is -0.361 e. The Hall–Kier alpha value is -0.900. The third kappa shape index (κ3) is 3.05. The first-order chi connectivity index (χ1) is 9.27. The Labute approximate surface area is 122 Å². The normalized spacial score (nSPS) is 29.4. The Morgan fingerprint density at radius 3 is 2.65 bits per heavy atom. The Kier molecular flexibility index (Phi) is 4.24. The number of aryl methyl sites for hydroxylation is 2.